The van der Waals surface area contributed by atoms with E-state index in [0.29, 0.717) is 18.2 Å². The number of para-hydroxylation sites is 1. The first-order valence-corrected chi connectivity index (χ1v) is 12.1. The lowest BCUT2D eigenvalue weighted by Crippen LogP contribution is -2.41. The molecule has 1 heterocycles. The molecule has 0 spiro atoms. The molecule has 6 nitrogen and oxygen atoms in total. The van der Waals surface area contributed by atoms with Crippen molar-refractivity contribution in [2.24, 2.45) is 0 Å². The van der Waals surface area contributed by atoms with Crippen LogP contribution in [0.25, 0.3) is 10.2 Å². The molecule has 9 heteroatoms. The molecule has 3 aromatic rings. The van der Waals surface area contributed by atoms with E-state index in [2.05, 4.69) is 23.7 Å². The summed E-state index contributed by atoms with van der Waals surface area (Å²) in [5.41, 5.74) is 0.805. The summed E-state index contributed by atoms with van der Waals surface area (Å²) < 4.78 is 26.4. The molecular formula is C21H26ClN3O3S2. The number of aromatic nitrogens is 1. The van der Waals surface area contributed by atoms with Crippen molar-refractivity contribution in [1.82, 2.24) is 9.88 Å². The van der Waals surface area contributed by atoms with Gasteiger partial charge in [-0.2, -0.15) is 0 Å². The van der Waals surface area contributed by atoms with Crippen LogP contribution in [0.15, 0.2) is 59.5 Å². The highest BCUT2D eigenvalue weighted by Gasteiger charge is 2.26. The molecule has 0 fully saturated rings. The minimum absolute atomic E-state index is 0. The number of fused-ring (bicyclic) bond motifs is 1. The summed E-state index contributed by atoms with van der Waals surface area (Å²) in [5.74, 6) is -1.04. The van der Waals surface area contributed by atoms with Crippen LogP contribution in [-0.2, 0) is 14.6 Å². The standard InChI is InChI=1S/C21H25N3O3S2.ClH/c1-3-23(4-2)14-15-24(21-22-18-12-8-9-13-19(18)28-21)20(25)16-29(26,27)17-10-6-5-7-11-17;/h5-13H,3-4,14-16H2,1-2H3;1H. The maximum atomic E-state index is 13.1. The fraction of sp³-hybridized carbons (Fsp3) is 0.333. The maximum Gasteiger partial charge on any atom is 0.244 e. The van der Waals surface area contributed by atoms with Crippen molar-refractivity contribution >= 4 is 54.8 Å². The van der Waals surface area contributed by atoms with Crippen LogP contribution in [0.1, 0.15) is 13.8 Å². The number of benzene rings is 2. The molecule has 0 aliphatic rings. The van der Waals surface area contributed by atoms with Gasteiger partial charge in [0.25, 0.3) is 0 Å². The molecule has 0 saturated carbocycles. The Hall–Kier alpha value is -2.00. The molecule has 1 aromatic heterocycles. The number of carbonyl (C=O) groups excluding carboxylic acids is 1. The molecule has 0 aliphatic carbocycles. The fourth-order valence-corrected chi connectivity index (χ4v) is 5.26. The molecule has 2 aromatic carbocycles. The molecule has 162 valence electrons. The Balaban J connectivity index is 0.00000320. The fourth-order valence-electron chi connectivity index (χ4n) is 3.04. The summed E-state index contributed by atoms with van der Waals surface area (Å²) in [6.45, 7) is 6.90. The van der Waals surface area contributed by atoms with E-state index >= 15 is 0 Å². The zero-order valence-corrected chi connectivity index (χ0v) is 19.5. The Labute approximate surface area is 187 Å². The van der Waals surface area contributed by atoms with Gasteiger partial charge in [-0.15, -0.1) is 12.4 Å². The number of sulfone groups is 1. The Kier molecular flexibility index (Phi) is 8.78. The molecule has 0 aliphatic heterocycles. The summed E-state index contributed by atoms with van der Waals surface area (Å²) in [6.07, 6.45) is 0. The van der Waals surface area contributed by atoms with Gasteiger partial charge >= 0.3 is 0 Å². The highest BCUT2D eigenvalue weighted by molar-refractivity contribution is 7.92. The second-order valence-electron chi connectivity index (χ2n) is 6.61. The highest BCUT2D eigenvalue weighted by atomic mass is 35.5. The number of anilines is 1. The van der Waals surface area contributed by atoms with E-state index in [1.807, 2.05) is 24.3 Å². The van der Waals surface area contributed by atoms with E-state index in [1.165, 1.54) is 28.4 Å². The number of hydrogen-bond donors (Lipinski definition) is 0. The molecule has 0 unspecified atom stereocenters. The summed E-state index contributed by atoms with van der Waals surface area (Å²) in [6, 6.07) is 15.7. The van der Waals surface area contributed by atoms with Gasteiger partial charge in [-0.1, -0.05) is 55.5 Å². The van der Waals surface area contributed by atoms with Gasteiger partial charge in [-0.05, 0) is 37.4 Å². The maximum absolute atomic E-state index is 13.1. The minimum atomic E-state index is -3.72. The first-order chi connectivity index (χ1) is 13.9. The highest BCUT2D eigenvalue weighted by Crippen LogP contribution is 2.29. The predicted molar refractivity (Wildman–Crippen MR) is 126 cm³/mol. The zero-order valence-electron chi connectivity index (χ0n) is 17.0. The Morgan fingerprint density at radius 1 is 0.967 bits per heavy atom. The third kappa shape index (κ3) is 5.78. The molecule has 30 heavy (non-hydrogen) atoms. The topological polar surface area (TPSA) is 70.6 Å². The smallest absolute Gasteiger partial charge is 0.244 e. The van der Waals surface area contributed by atoms with Gasteiger partial charge < -0.3 is 4.90 Å². The van der Waals surface area contributed by atoms with Crippen molar-refractivity contribution in [3.05, 3.63) is 54.6 Å². The van der Waals surface area contributed by atoms with Crippen molar-refractivity contribution in [3.8, 4) is 0 Å². The first-order valence-electron chi connectivity index (χ1n) is 9.60. The van der Waals surface area contributed by atoms with Gasteiger partial charge in [0.1, 0.15) is 5.75 Å². The number of likely N-dealkylation sites (N-methyl/N-ethyl adjacent to an activating group) is 1. The molecule has 3 rings (SSSR count). The van der Waals surface area contributed by atoms with Crippen LogP contribution in [0.5, 0.6) is 0 Å². The quantitative estimate of drug-likeness (QED) is 0.477. The lowest BCUT2D eigenvalue weighted by atomic mass is 10.3. The number of thiazole rings is 1. The number of amides is 1. The van der Waals surface area contributed by atoms with E-state index in [0.717, 1.165) is 23.3 Å². The van der Waals surface area contributed by atoms with Crippen LogP contribution in [0.4, 0.5) is 5.13 Å². The molecule has 1 amide bonds. The second-order valence-corrected chi connectivity index (χ2v) is 9.61. The van der Waals surface area contributed by atoms with E-state index in [4.69, 9.17) is 0 Å². The second kappa shape index (κ2) is 10.9. The Morgan fingerprint density at radius 2 is 1.60 bits per heavy atom. The Bertz CT molecular complexity index is 1030. The third-order valence-electron chi connectivity index (χ3n) is 4.76. The normalized spacial score (nSPS) is 11.4. The van der Waals surface area contributed by atoms with Gasteiger partial charge in [0.2, 0.25) is 5.91 Å². The molecule has 0 bridgehead atoms. The van der Waals surface area contributed by atoms with E-state index in [9.17, 15) is 13.2 Å². The third-order valence-corrected chi connectivity index (χ3v) is 7.44. The predicted octanol–water partition coefficient (Wildman–Crippen LogP) is 3.87. The van der Waals surface area contributed by atoms with Gasteiger partial charge in [0.05, 0.1) is 15.1 Å². The monoisotopic (exact) mass is 467 g/mol. The number of hydrogen-bond acceptors (Lipinski definition) is 6. The van der Waals surface area contributed by atoms with E-state index in [1.54, 1.807) is 18.2 Å². The summed E-state index contributed by atoms with van der Waals surface area (Å²) in [5, 5.41) is 0.534. The van der Waals surface area contributed by atoms with Gasteiger partial charge in [-0.3, -0.25) is 9.69 Å². The number of carbonyl (C=O) groups is 1. The van der Waals surface area contributed by atoms with Crippen molar-refractivity contribution in [2.75, 3.05) is 36.8 Å². The van der Waals surface area contributed by atoms with Gasteiger partial charge in [-0.25, -0.2) is 13.4 Å². The van der Waals surface area contributed by atoms with Crippen molar-refractivity contribution in [2.45, 2.75) is 18.7 Å². The summed E-state index contributed by atoms with van der Waals surface area (Å²) in [4.78, 5) is 21.5. The SMILES string of the molecule is CCN(CC)CCN(C(=O)CS(=O)(=O)c1ccccc1)c1nc2ccccc2s1.Cl. The lowest BCUT2D eigenvalue weighted by molar-refractivity contribution is -0.116. The summed E-state index contributed by atoms with van der Waals surface area (Å²) >= 11 is 1.40. The average molecular weight is 468 g/mol. The minimum Gasteiger partial charge on any atom is -0.302 e. The van der Waals surface area contributed by atoms with Crippen molar-refractivity contribution in [1.29, 1.82) is 0 Å². The summed E-state index contributed by atoms with van der Waals surface area (Å²) in [7, 11) is -3.72. The van der Waals surface area contributed by atoms with E-state index < -0.39 is 21.5 Å². The Morgan fingerprint density at radius 3 is 2.23 bits per heavy atom. The lowest BCUT2D eigenvalue weighted by Gasteiger charge is -2.24. The first kappa shape index (κ1) is 24.3. The van der Waals surface area contributed by atoms with Crippen LogP contribution in [0, 0.1) is 0 Å². The number of halogens is 1. The molecule has 0 atom stereocenters. The number of nitrogens with zero attached hydrogens (tertiary/aromatic N) is 3. The average Bonchev–Trinajstić information content (AvgIpc) is 3.15. The van der Waals surface area contributed by atoms with Crippen molar-refractivity contribution < 1.29 is 13.2 Å². The largest absolute Gasteiger partial charge is 0.302 e. The van der Waals surface area contributed by atoms with Crippen LogP contribution in [0.2, 0.25) is 0 Å². The van der Waals surface area contributed by atoms with Crippen LogP contribution in [-0.4, -0.2) is 56.1 Å². The van der Waals surface area contributed by atoms with Crippen LogP contribution < -0.4 is 4.90 Å². The molecule has 0 saturated heterocycles. The van der Waals surface area contributed by atoms with Gasteiger partial charge in [0, 0.05) is 13.1 Å². The van der Waals surface area contributed by atoms with Crippen LogP contribution in [0.3, 0.4) is 0 Å². The number of rotatable bonds is 9. The molecular weight excluding hydrogens is 442 g/mol. The van der Waals surface area contributed by atoms with Crippen LogP contribution >= 0.6 is 23.7 Å². The van der Waals surface area contributed by atoms with Gasteiger partial charge in [0.15, 0.2) is 15.0 Å². The van der Waals surface area contributed by atoms with Crippen molar-refractivity contribution in [3.63, 3.8) is 0 Å². The molecule has 0 radical (unpaired) electrons. The molecule has 0 N–H and O–H groups in total. The van der Waals surface area contributed by atoms with E-state index in [-0.39, 0.29) is 17.3 Å². The zero-order chi connectivity index (χ0) is 20.9.